The maximum atomic E-state index is 5.95. The number of ether oxygens (including phenoxy) is 1. The number of nitrogens with zero attached hydrogens (tertiary/aromatic N) is 3. The van der Waals surface area contributed by atoms with E-state index in [9.17, 15) is 0 Å². The summed E-state index contributed by atoms with van der Waals surface area (Å²) in [5, 5.41) is 3.63. The number of hydroxylamine groups is 2. The van der Waals surface area contributed by atoms with Gasteiger partial charge in [-0.2, -0.15) is 10.1 Å². The molecule has 0 saturated carbocycles. The molecule has 7 heteroatoms. The minimum atomic E-state index is -0.742. The van der Waals surface area contributed by atoms with Gasteiger partial charge < -0.3 is 16.2 Å². The van der Waals surface area contributed by atoms with Crippen LogP contribution in [0.25, 0.3) is 10.8 Å². The molecule has 0 aliphatic carbocycles. The lowest BCUT2D eigenvalue weighted by Gasteiger charge is -2.36. The second kappa shape index (κ2) is 6.01. The first kappa shape index (κ1) is 16.1. The third-order valence-electron chi connectivity index (χ3n) is 3.88. The molecular formula is C17H21N5O2. The van der Waals surface area contributed by atoms with E-state index in [1.54, 1.807) is 7.11 Å². The summed E-state index contributed by atoms with van der Waals surface area (Å²) >= 11 is 0. The first-order valence-electron chi connectivity index (χ1n) is 7.59. The molecule has 1 aliphatic heterocycles. The van der Waals surface area contributed by atoms with Gasteiger partial charge in [0.05, 0.1) is 7.11 Å². The smallest absolute Gasteiger partial charge is 0.226 e. The number of benzene rings is 2. The van der Waals surface area contributed by atoms with Gasteiger partial charge in [-0.05, 0) is 30.7 Å². The zero-order valence-electron chi connectivity index (χ0n) is 14.0. The lowest BCUT2D eigenvalue weighted by Crippen LogP contribution is -2.53. The van der Waals surface area contributed by atoms with E-state index in [0.717, 1.165) is 22.1 Å². The Hall–Kier alpha value is -2.80. The van der Waals surface area contributed by atoms with Gasteiger partial charge in [-0.3, -0.25) is 4.84 Å². The Morgan fingerprint density at radius 2 is 1.88 bits per heavy atom. The fraction of sp³-hybridized carbons (Fsp3) is 0.294. The van der Waals surface area contributed by atoms with E-state index in [-0.39, 0.29) is 18.5 Å². The molecule has 3 rings (SSSR count). The summed E-state index contributed by atoms with van der Waals surface area (Å²) in [5.41, 5.74) is 11.8. The van der Waals surface area contributed by atoms with Gasteiger partial charge in [0.25, 0.3) is 0 Å². The van der Waals surface area contributed by atoms with E-state index in [1.807, 2.05) is 50.2 Å². The number of nitrogens with two attached hydrogens (primary N) is 2. The molecule has 0 saturated heterocycles. The fourth-order valence-electron chi connectivity index (χ4n) is 2.80. The summed E-state index contributed by atoms with van der Waals surface area (Å²) in [5.74, 6) is 1.06. The first-order chi connectivity index (χ1) is 11.4. The highest BCUT2D eigenvalue weighted by Crippen LogP contribution is 2.30. The molecule has 0 radical (unpaired) electrons. The van der Waals surface area contributed by atoms with Crippen molar-refractivity contribution in [1.82, 2.24) is 5.06 Å². The van der Waals surface area contributed by atoms with Gasteiger partial charge in [-0.1, -0.05) is 30.3 Å². The van der Waals surface area contributed by atoms with Crippen molar-refractivity contribution >= 4 is 22.7 Å². The van der Waals surface area contributed by atoms with Crippen LogP contribution in [-0.2, 0) is 11.4 Å². The van der Waals surface area contributed by atoms with Crippen LogP contribution in [0.15, 0.2) is 46.4 Å². The Kier molecular flexibility index (Phi) is 4.02. The second-order valence-corrected chi connectivity index (χ2v) is 5.97. The summed E-state index contributed by atoms with van der Waals surface area (Å²) in [4.78, 5) is 14.2. The number of aliphatic imine (C=N–C) groups is 2. The van der Waals surface area contributed by atoms with Crippen molar-refractivity contribution in [3.8, 4) is 5.75 Å². The van der Waals surface area contributed by atoms with Crippen molar-refractivity contribution in [2.75, 3.05) is 7.11 Å². The third kappa shape index (κ3) is 2.85. The normalized spacial score (nSPS) is 16.7. The summed E-state index contributed by atoms with van der Waals surface area (Å²) in [6, 6.07) is 12.0. The Morgan fingerprint density at radius 1 is 1.12 bits per heavy atom. The topological polar surface area (TPSA) is 98.5 Å². The minimum Gasteiger partial charge on any atom is -0.496 e. The maximum absolute atomic E-state index is 5.95. The molecule has 2 aromatic carbocycles. The molecule has 126 valence electrons. The van der Waals surface area contributed by atoms with E-state index in [1.165, 1.54) is 5.06 Å². The number of fused-ring (bicyclic) bond motifs is 1. The monoisotopic (exact) mass is 327 g/mol. The van der Waals surface area contributed by atoms with E-state index < -0.39 is 5.66 Å². The van der Waals surface area contributed by atoms with Crippen LogP contribution in [-0.4, -0.2) is 29.8 Å². The van der Waals surface area contributed by atoms with Crippen molar-refractivity contribution in [2.45, 2.75) is 26.1 Å². The Labute approximate surface area is 140 Å². The van der Waals surface area contributed by atoms with Crippen LogP contribution in [0.1, 0.15) is 19.4 Å². The molecule has 7 nitrogen and oxygen atoms in total. The predicted molar refractivity (Wildman–Crippen MR) is 94.5 cm³/mol. The van der Waals surface area contributed by atoms with Gasteiger partial charge in [-0.15, -0.1) is 0 Å². The van der Waals surface area contributed by atoms with Crippen LogP contribution in [0.4, 0.5) is 0 Å². The van der Waals surface area contributed by atoms with Crippen LogP contribution in [0.2, 0.25) is 0 Å². The summed E-state index contributed by atoms with van der Waals surface area (Å²) < 4.78 is 5.48. The molecule has 24 heavy (non-hydrogen) atoms. The van der Waals surface area contributed by atoms with Crippen LogP contribution in [0, 0.1) is 0 Å². The molecule has 0 atom stereocenters. The Morgan fingerprint density at radius 3 is 2.58 bits per heavy atom. The zero-order chi connectivity index (χ0) is 17.3. The van der Waals surface area contributed by atoms with Crippen LogP contribution >= 0.6 is 0 Å². The molecule has 1 aliphatic rings. The molecule has 0 aromatic heterocycles. The van der Waals surface area contributed by atoms with Crippen molar-refractivity contribution < 1.29 is 9.57 Å². The molecule has 0 spiro atoms. The standard InChI is InChI=1S/C17H21N5O2/c1-17(2)21-15(18)20-16(19)22(17)24-10-13-12-7-5-4-6-11(12)8-9-14(13)23-3/h4-9H,10H2,1-3H3,(H4,18,19,20,21). The average molecular weight is 327 g/mol. The third-order valence-corrected chi connectivity index (χ3v) is 3.88. The fourth-order valence-corrected chi connectivity index (χ4v) is 2.80. The molecule has 0 bridgehead atoms. The highest BCUT2D eigenvalue weighted by molar-refractivity contribution is 5.95. The molecule has 4 N–H and O–H groups in total. The molecular weight excluding hydrogens is 306 g/mol. The summed E-state index contributed by atoms with van der Waals surface area (Å²) in [7, 11) is 1.64. The van der Waals surface area contributed by atoms with Gasteiger partial charge in [0.1, 0.15) is 12.4 Å². The van der Waals surface area contributed by atoms with Crippen molar-refractivity contribution in [1.29, 1.82) is 0 Å². The lowest BCUT2D eigenvalue weighted by molar-refractivity contribution is -0.166. The lowest BCUT2D eigenvalue weighted by atomic mass is 10.0. The van der Waals surface area contributed by atoms with Crippen LogP contribution in [0.5, 0.6) is 5.75 Å². The largest absolute Gasteiger partial charge is 0.496 e. The summed E-state index contributed by atoms with van der Waals surface area (Å²) in [6.45, 7) is 3.96. The minimum absolute atomic E-state index is 0.139. The predicted octanol–water partition coefficient (Wildman–Crippen LogP) is 1.96. The molecule has 1 heterocycles. The number of methoxy groups -OCH3 is 1. The van der Waals surface area contributed by atoms with Crippen LogP contribution < -0.4 is 16.2 Å². The van der Waals surface area contributed by atoms with Gasteiger partial charge in [-0.25, -0.2) is 4.99 Å². The zero-order valence-corrected chi connectivity index (χ0v) is 14.0. The van der Waals surface area contributed by atoms with Crippen molar-refractivity contribution in [3.63, 3.8) is 0 Å². The van der Waals surface area contributed by atoms with E-state index in [0.29, 0.717) is 0 Å². The Balaban J connectivity index is 1.92. The number of guanidine groups is 2. The van der Waals surface area contributed by atoms with Crippen molar-refractivity contribution in [3.05, 3.63) is 42.0 Å². The van der Waals surface area contributed by atoms with Gasteiger partial charge in [0, 0.05) is 5.56 Å². The quantitative estimate of drug-likeness (QED) is 0.894. The molecule has 0 unspecified atom stereocenters. The highest BCUT2D eigenvalue weighted by Gasteiger charge is 2.33. The van der Waals surface area contributed by atoms with Gasteiger partial charge >= 0.3 is 0 Å². The van der Waals surface area contributed by atoms with Crippen molar-refractivity contribution in [2.24, 2.45) is 21.5 Å². The number of hydrogen-bond acceptors (Lipinski definition) is 7. The number of hydrogen-bond donors (Lipinski definition) is 2. The van der Waals surface area contributed by atoms with E-state index in [2.05, 4.69) is 9.98 Å². The van der Waals surface area contributed by atoms with Gasteiger partial charge in [0.2, 0.25) is 11.9 Å². The highest BCUT2D eigenvalue weighted by atomic mass is 16.7. The maximum Gasteiger partial charge on any atom is 0.226 e. The Bertz CT molecular complexity index is 829. The molecule has 0 amide bonds. The van der Waals surface area contributed by atoms with Crippen LogP contribution in [0.3, 0.4) is 0 Å². The van der Waals surface area contributed by atoms with Gasteiger partial charge in [0.15, 0.2) is 5.66 Å². The molecule has 2 aromatic rings. The first-order valence-corrected chi connectivity index (χ1v) is 7.59. The summed E-state index contributed by atoms with van der Waals surface area (Å²) in [6.07, 6.45) is 0. The second-order valence-electron chi connectivity index (χ2n) is 5.97. The van der Waals surface area contributed by atoms with E-state index in [4.69, 9.17) is 21.0 Å². The SMILES string of the molecule is COc1ccc2ccccc2c1CON1C(N)=NC(N)=NC1(C)C. The number of rotatable bonds is 4. The van der Waals surface area contributed by atoms with E-state index >= 15 is 0 Å². The molecule has 0 fully saturated rings. The average Bonchev–Trinajstić information content (AvgIpc) is 2.53.